The highest BCUT2D eigenvalue weighted by atomic mass is 15.2. The van der Waals surface area contributed by atoms with Crippen LogP contribution in [0.15, 0.2) is 4.99 Å². The lowest BCUT2D eigenvalue weighted by Gasteiger charge is -2.21. The van der Waals surface area contributed by atoms with Gasteiger partial charge in [0.15, 0.2) is 5.96 Å². The molecule has 0 atom stereocenters. The Bertz CT molecular complexity index is 267. The van der Waals surface area contributed by atoms with Crippen LogP contribution in [0.2, 0.25) is 0 Å². The van der Waals surface area contributed by atoms with E-state index >= 15 is 0 Å². The summed E-state index contributed by atoms with van der Waals surface area (Å²) in [6.45, 7) is 10.1. The Morgan fingerprint density at radius 2 is 1.85 bits per heavy atom. The molecule has 0 aromatic rings. The van der Waals surface area contributed by atoms with Crippen LogP contribution in [-0.4, -0.2) is 75.7 Å². The minimum atomic E-state index is 0.938. The van der Waals surface area contributed by atoms with Crippen molar-refractivity contribution in [1.82, 2.24) is 20.4 Å². The fraction of sp³-hybridized carbons (Fsp3) is 0.933. The summed E-state index contributed by atoms with van der Waals surface area (Å²) in [6.07, 6.45) is 5.04. The third-order valence-electron chi connectivity index (χ3n) is 3.83. The van der Waals surface area contributed by atoms with E-state index in [2.05, 4.69) is 39.4 Å². The molecular formula is C15H33N5. The monoisotopic (exact) mass is 283 g/mol. The van der Waals surface area contributed by atoms with Crippen molar-refractivity contribution in [1.29, 1.82) is 0 Å². The van der Waals surface area contributed by atoms with Gasteiger partial charge < -0.3 is 20.4 Å². The van der Waals surface area contributed by atoms with Crippen molar-refractivity contribution in [3.8, 4) is 0 Å². The van der Waals surface area contributed by atoms with Gasteiger partial charge in [0.25, 0.3) is 0 Å². The van der Waals surface area contributed by atoms with E-state index in [0.717, 1.165) is 25.6 Å². The van der Waals surface area contributed by atoms with Crippen molar-refractivity contribution in [2.75, 3.05) is 59.9 Å². The molecule has 20 heavy (non-hydrogen) atoms. The molecule has 2 N–H and O–H groups in total. The molecule has 5 nitrogen and oxygen atoms in total. The maximum atomic E-state index is 4.27. The number of rotatable bonds is 7. The zero-order chi connectivity index (χ0) is 14.6. The van der Waals surface area contributed by atoms with Crippen LogP contribution in [0.3, 0.4) is 0 Å². The van der Waals surface area contributed by atoms with Crippen molar-refractivity contribution < 1.29 is 0 Å². The summed E-state index contributed by atoms with van der Waals surface area (Å²) in [4.78, 5) is 9.23. The van der Waals surface area contributed by atoms with Gasteiger partial charge in [0.05, 0.1) is 0 Å². The van der Waals surface area contributed by atoms with E-state index < -0.39 is 0 Å². The molecule has 0 aliphatic carbocycles. The molecule has 0 spiro atoms. The molecule has 5 heteroatoms. The highest BCUT2D eigenvalue weighted by molar-refractivity contribution is 5.79. The zero-order valence-corrected chi connectivity index (χ0v) is 13.6. The van der Waals surface area contributed by atoms with Gasteiger partial charge in [-0.05, 0) is 33.0 Å². The number of nitrogens with zero attached hydrogens (tertiary/aromatic N) is 3. The molecule has 0 saturated carbocycles. The Morgan fingerprint density at radius 3 is 2.60 bits per heavy atom. The van der Waals surface area contributed by atoms with Crippen LogP contribution in [0.25, 0.3) is 0 Å². The minimum absolute atomic E-state index is 0.938. The molecule has 1 heterocycles. The number of likely N-dealkylation sites (N-methyl/N-ethyl adjacent to an activating group) is 1. The van der Waals surface area contributed by atoms with Gasteiger partial charge in [-0.1, -0.05) is 19.8 Å². The molecular weight excluding hydrogens is 250 g/mol. The lowest BCUT2D eigenvalue weighted by atomic mass is 10.2. The molecule has 0 aromatic heterocycles. The topological polar surface area (TPSA) is 42.9 Å². The number of unbranched alkanes of at least 4 members (excludes halogenated alkanes) is 2. The summed E-state index contributed by atoms with van der Waals surface area (Å²) in [5, 5.41) is 6.78. The molecule has 0 unspecified atom stereocenters. The lowest BCUT2D eigenvalue weighted by molar-refractivity contribution is 0.280. The van der Waals surface area contributed by atoms with E-state index in [1.165, 1.54) is 51.9 Å². The van der Waals surface area contributed by atoms with Gasteiger partial charge in [-0.25, -0.2) is 0 Å². The number of guanidine groups is 1. The molecule has 0 amide bonds. The predicted octanol–water partition coefficient (Wildman–Crippen LogP) is 0.979. The largest absolute Gasteiger partial charge is 0.356 e. The second kappa shape index (κ2) is 10.9. The normalized spacial score (nSPS) is 18.9. The van der Waals surface area contributed by atoms with Crippen LogP contribution < -0.4 is 10.6 Å². The van der Waals surface area contributed by atoms with Crippen LogP contribution in [0, 0.1) is 0 Å². The first kappa shape index (κ1) is 17.2. The maximum absolute atomic E-state index is 4.27. The van der Waals surface area contributed by atoms with E-state index in [9.17, 15) is 0 Å². The molecule has 0 radical (unpaired) electrons. The van der Waals surface area contributed by atoms with Crippen molar-refractivity contribution in [3.05, 3.63) is 0 Å². The summed E-state index contributed by atoms with van der Waals surface area (Å²) in [7, 11) is 4.06. The van der Waals surface area contributed by atoms with E-state index in [-0.39, 0.29) is 0 Å². The quantitative estimate of drug-likeness (QED) is 0.415. The van der Waals surface area contributed by atoms with E-state index in [1.54, 1.807) is 0 Å². The SMILES string of the molecule is CCCCCNC(=NC)NCCN1CCCN(C)CC1. The Labute approximate surface area is 124 Å². The highest BCUT2D eigenvalue weighted by Gasteiger charge is 2.11. The van der Waals surface area contributed by atoms with Crippen molar-refractivity contribution in [2.45, 2.75) is 32.6 Å². The highest BCUT2D eigenvalue weighted by Crippen LogP contribution is 1.99. The standard InChI is InChI=1S/C15H33N5/c1-4-5-6-8-17-15(16-2)18-9-12-20-11-7-10-19(3)13-14-20/h4-14H2,1-3H3,(H2,16,17,18). The maximum Gasteiger partial charge on any atom is 0.191 e. The lowest BCUT2D eigenvalue weighted by Crippen LogP contribution is -2.42. The van der Waals surface area contributed by atoms with E-state index in [1.807, 2.05) is 7.05 Å². The van der Waals surface area contributed by atoms with E-state index in [0.29, 0.717) is 0 Å². The molecule has 1 fully saturated rings. The second-order valence-electron chi connectivity index (χ2n) is 5.63. The third kappa shape index (κ3) is 7.70. The average Bonchev–Trinajstić information content (AvgIpc) is 2.66. The van der Waals surface area contributed by atoms with Gasteiger partial charge in [0.2, 0.25) is 0 Å². The molecule has 1 aliphatic heterocycles. The van der Waals surface area contributed by atoms with Crippen LogP contribution >= 0.6 is 0 Å². The van der Waals surface area contributed by atoms with Gasteiger partial charge >= 0.3 is 0 Å². The Balaban J connectivity index is 2.11. The van der Waals surface area contributed by atoms with Gasteiger partial charge in [0, 0.05) is 39.8 Å². The Hall–Kier alpha value is -0.810. The van der Waals surface area contributed by atoms with Gasteiger partial charge in [-0.15, -0.1) is 0 Å². The fourth-order valence-corrected chi connectivity index (χ4v) is 2.46. The first-order chi connectivity index (χ1) is 9.76. The predicted molar refractivity (Wildman–Crippen MR) is 87.4 cm³/mol. The van der Waals surface area contributed by atoms with Crippen LogP contribution in [0.1, 0.15) is 32.6 Å². The molecule has 1 rings (SSSR count). The van der Waals surface area contributed by atoms with Gasteiger partial charge in [0.1, 0.15) is 0 Å². The number of hydrogen-bond donors (Lipinski definition) is 2. The third-order valence-corrected chi connectivity index (χ3v) is 3.83. The summed E-state index contributed by atoms with van der Waals surface area (Å²) in [5.41, 5.74) is 0. The number of aliphatic imine (C=N–C) groups is 1. The Morgan fingerprint density at radius 1 is 1.05 bits per heavy atom. The van der Waals surface area contributed by atoms with Gasteiger partial charge in [-0.3, -0.25) is 4.99 Å². The number of nitrogens with one attached hydrogen (secondary N) is 2. The summed E-state index contributed by atoms with van der Waals surface area (Å²) >= 11 is 0. The van der Waals surface area contributed by atoms with Crippen molar-refractivity contribution >= 4 is 5.96 Å². The fourth-order valence-electron chi connectivity index (χ4n) is 2.46. The van der Waals surface area contributed by atoms with Gasteiger partial charge in [-0.2, -0.15) is 0 Å². The minimum Gasteiger partial charge on any atom is -0.356 e. The second-order valence-corrected chi connectivity index (χ2v) is 5.63. The summed E-state index contributed by atoms with van der Waals surface area (Å²) < 4.78 is 0. The van der Waals surface area contributed by atoms with Crippen molar-refractivity contribution in [2.24, 2.45) is 4.99 Å². The van der Waals surface area contributed by atoms with Crippen LogP contribution in [-0.2, 0) is 0 Å². The number of hydrogen-bond acceptors (Lipinski definition) is 3. The molecule has 118 valence electrons. The van der Waals surface area contributed by atoms with Crippen molar-refractivity contribution in [3.63, 3.8) is 0 Å². The van der Waals surface area contributed by atoms with E-state index in [4.69, 9.17) is 0 Å². The first-order valence-electron chi connectivity index (χ1n) is 8.11. The smallest absolute Gasteiger partial charge is 0.191 e. The summed E-state index contributed by atoms with van der Waals surface area (Å²) in [6, 6.07) is 0. The summed E-state index contributed by atoms with van der Waals surface area (Å²) in [5.74, 6) is 0.938. The van der Waals surface area contributed by atoms with Crippen LogP contribution in [0.4, 0.5) is 0 Å². The van der Waals surface area contributed by atoms with Crippen LogP contribution in [0.5, 0.6) is 0 Å². The Kier molecular flexibility index (Phi) is 9.41. The average molecular weight is 283 g/mol. The molecule has 1 aliphatic rings. The molecule has 0 bridgehead atoms. The zero-order valence-electron chi connectivity index (χ0n) is 13.6. The molecule has 1 saturated heterocycles. The first-order valence-corrected chi connectivity index (χ1v) is 8.11. The molecule has 0 aromatic carbocycles.